The summed E-state index contributed by atoms with van der Waals surface area (Å²) in [6, 6.07) is 6.45. The van der Waals surface area contributed by atoms with Crippen LogP contribution in [0.5, 0.6) is 5.75 Å². The van der Waals surface area contributed by atoms with E-state index >= 15 is 0 Å². The fraction of sp³-hybridized carbons (Fsp3) is 0.621. The van der Waals surface area contributed by atoms with E-state index in [0.717, 1.165) is 11.1 Å². The molecule has 38 heavy (non-hydrogen) atoms. The van der Waals surface area contributed by atoms with Crippen LogP contribution in [0.4, 0.5) is 0 Å². The average Bonchev–Trinajstić information content (AvgIpc) is 3.74. The Hall–Kier alpha value is -2.75. The zero-order valence-electron chi connectivity index (χ0n) is 21.9. The molecule has 1 aromatic rings. The van der Waals surface area contributed by atoms with Gasteiger partial charge in [0.25, 0.3) is 0 Å². The fourth-order valence-corrected chi connectivity index (χ4v) is 8.44. The molecule has 202 valence electrons. The van der Waals surface area contributed by atoms with Gasteiger partial charge in [-0.2, -0.15) is 0 Å². The number of carbonyl (C=O) groups is 3. The zero-order valence-corrected chi connectivity index (χ0v) is 21.9. The molecule has 9 nitrogen and oxygen atoms in total. The van der Waals surface area contributed by atoms with Gasteiger partial charge in [-0.25, -0.2) is 9.59 Å². The van der Waals surface area contributed by atoms with Crippen LogP contribution in [0, 0.1) is 17.3 Å². The summed E-state index contributed by atoms with van der Waals surface area (Å²) in [6.45, 7) is 7.65. The minimum Gasteiger partial charge on any atom is -0.458 e. The number of esters is 3. The summed E-state index contributed by atoms with van der Waals surface area (Å²) >= 11 is 0. The van der Waals surface area contributed by atoms with Crippen molar-refractivity contribution < 1.29 is 43.2 Å². The van der Waals surface area contributed by atoms with E-state index in [1.165, 1.54) is 6.92 Å². The average molecular weight is 525 g/mol. The number of hydrogen-bond donors (Lipinski definition) is 1. The molecule has 1 spiro atoms. The SMILES string of the molecule is CC(=O)Oc1ccccc1C(=O)OC1C2(C(C)C)OC2CC2(O)C3(C)CCC4=C(COC4=O)C3CC3OC312. The van der Waals surface area contributed by atoms with Crippen LogP contribution in [0.3, 0.4) is 0 Å². The predicted octanol–water partition coefficient (Wildman–Crippen LogP) is 2.88. The minimum atomic E-state index is -1.35. The van der Waals surface area contributed by atoms with Crippen molar-refractivity contribution in [1.82, 2.24) is 0 Å². The van der Waals surface area contributed by atoms with Crippen LogP contribution in [-0.2, 0) is 28.5 Å². The van der Waals surface area contributed by atoms with Crippen LogP contribution in [-0.4, -0.2) is 64.7 Å². The van der Waals surface area contributed by atoms with Gasteiger partial charge in [0.2, 0.25) is 0 Å². The molecule has 0 radical (unpaired) electrons. The molecule has 0 bridgehead atoms. The second-order valence-electron chi connectivity index (χ2n) is 12.2. The molecular formula is C29H32O9. The van der Waals surface area contributed by atoms with E-state index in [-0.39, 0.29) is 47.9 Å². The Bertz CT molecular complexity index is 1320. The van der Waals surface area contributed by atoms with E-state index in [2.05, 4.69) is 6.92 Å². The molecule has 1 aromatic carbocycles. The lowest BCUT2D eigenvalue weighted by Crippen LogP contribution is -2.74. The molecular weight excluding hydrogens is 492 g/mol. The highest BCUT2D eigenvalue weighted by Gasteiger charge is 2.91. The third-order valence-electron chi connectivity index (χ3n) is 10.4. The van der Waals surface area contributed by atoms with E-state index in [9.17, 15) is 19.5 Å². The van der Waals surface area contributed by atoms with Gasteiger partial charge in [0.05, 0.1) is 12.2 Å². The lowest BCUT2D eigenvalue weighted by molar-refractivity contribution is -0.212. The molecule has 3 aliphatic heterocycles. The van der Waals surface area contributed by atoms with E-state index < -0.39 is 40.3 Å². The number of benzene rings is 1. The van der Waals surface area contributed by atoms with E-state index in [0.29, 0.717) is 25.7 Å². The van der Waals surface area contributed by atoms with Crippen molar-refractivity contribution in [3.05, 3.63) is 41.0 Å². The lowest BCUT2D eigenvalue weighted by Gasteiger charge is -2.60. The topological polar surface area (TPSA) is 124 Å². The second kappa shape index (κ2) is 7.46. The van der Waals surface area contributed by atoms with Gasteiger partial charge in [0.15, 0.2) is 11.7 Å². The number of epoxide rings is 2. The van der Waals surface area contributed by atoms with Crippen LogP contribution in [0.2, 0.25) is 0 Å². The molecule has 4 fully saturated rings. The Kier molecular flexibility index (Phi) is 4.77. The third-order valence-corrected chi connectivity index (χ3v) is 10.4. The lowest BCUT2D eigenvalue weighted by atomic mass is 9.44. The quantitative estimate of drug-likeness (QED) is 0.360. The van der Waals surface area contributed by atoms with Crippen molar-refractivity contribution in [3.63, 3.8) is 0 Å². The number of hydrogen-bond acceptors (Lipinski definition) is 9. The Morgan fingerprint density at radius 3 is 2.66 bits per heavy atom. The molecule has 3 heterocycles. The third kappa shape index (κ3) is 2.74. The van der Waals surface area contributed by atoms with E-state index in [1.54, 1.807) is 24.3 Å². The summed E-state index contributed by atoms with van der Waals surface area (Å²) in [5.74, 6) is -1.43. The van der Waals surface area contributed by atoms with E-state index in [4.69, 9.17) is 23.7 Å². The highest BCUT2D eigenvalue weighted by atomic mass is 16.7. The highest BCUT2D eigenvalue weighted by molar-refractivity contribution is 5.94. The molecule has 7 rings (SSSR count). The smallest absolute Gasteiger partial charge is 0.342 e. The molecule has 2 saturated carbocycles. The molecule has 6 aliphatic rings. The zero-order chi connectivity index (χ0) is 26.8. The maximum Gasteiger partial charge on any atom is 0.342 e. The maximum atomic E-state index is 13.7. The monoisotopic (exact) mass is 524 g/mol. The van der Waals surface area contributed by atoms with Gasteiger partial charge in [-0.15, -0.1) is 0 Å². The molecule has 1 N–H and O–H groups in total. The number of cyclic esters (lactones) is 1. The molecule has 3 aliphatic carbocycles. The van der Waals surface area contributed by atoms with Crippen LogP contribution in [0.25, 0.3) is 0 Å². The van der Waals surface area contributed by atoms with Gasteiger partial charge in [-0.05, 0) is 48.8 Å². The summed E-state index contributed by atoms with van der Waals surface area (Å²) in [5, 5.41) is 12.7. The van der Waals surface area contributed by atoms with Crippen molar-refractivity contribution in [2.45, 2.75) is 88.5 Å². The molecule has 8 unspecified atom stereocenters. The Morgan fingerprint density at radius 2 is 1.92 bits per heavy atom. The first-order chi connectivity index (χ1) is 18.0. The highest BCUT2D eigenvalue weighted by Crippen LogP contribution is 2.76. The van der Waals surface area contributed by atoms with Crippen molar-refractivity contribution in [2.75, 3.05) is 6.61 Å². The Morgan fingerprint density at radius 1 is 1.16 bits per heavy atom. The number of rotatable bonds is 4. The fourth-order valence-electron chi connectivity index (χ4n) is 8.44. The Labute approximate surface area is 220 Å². The summed E-state index contributed by atoms with van der Waals surface area (Å²) in [7, 11) is 0. The maximum absolute atomic E-state index is 13.7. The largest absolute Gasteiger partial charge is 0.458 e. The van der Waals surface area contributed by atoms with Crippen LogP contribution < -0.4 is 4.74 Å². The molecule has 2 saturated heterocycles. The number of ether oxygens (including phenoxy) is 5. The van der Waals surface area contributed by atoms with Gasteiger partial charge >= 0.3 is 17.9 Å². The van der Waals surface area contributed by atoms with Gasteiger partial charge in [0.1, 0.15) is 29.1 Å². The van der Waals surface area contributed by atoms with Crippen LogP contribution in [0.15, 0.2) is 35.4 Å². The normalized spacial score (nSPS) is 43.7. The van der Waals surface area contributed by atoms with E-state index in [1.807, 2.05) is 13.8 Å². The van der Waals surface area contributed by atoms with Gasteiger partial charge < -0.3 is 28.8 Å². The second-order valence-corrected chi connectivity index (χ2v) is 12.2. The summed E-state index contributed by atoms with van der Waals surface area (Å²) < 4.78 is 29.8. The predicted molar refractivity (Wildman–Crippen MR) is 130 cm³/mol. The standard InChI is InChI=1S/C29H32O9/c1-14(2)28-22(37-28)12-27(33)26(4)10-9-16-18(13-34-23(16)31)19(26)11-21-29(27,38-21)25(28)36-24(32)17-7-5-6-8-20(17)35-15(3)30/h5-8,14,19,21-22,25,33H,9-13H2,1-4H3. The minimum absolute atomic E-state index is 0.00941. The van der Waals surface area contributed by atoms with Crippen LogP contribution in [0.1, 0.15) is 63.7 Å². The van der Waals surface area contributed by atoms with Crippen molar-refractivity contribution >= 4 is 17.9 Å². The number of aliphatic hydroxyl groups is 1. The van der Waals surface area contributed by atoms with Crippen LogP contribution >= 0.6 is 0 Å². The van der Waals surface area contributed by atoms with Gasteiger partial charge in [-0.3, -0.25) is 4.79 Å². The summed E-state index contributed by atoms with van der Waals surface area (Å²) in [6.07, 6.45) is 0.557. The van der Waals surface area contributed by atoms with Gasteiger partial charge in [0, 0.05) is 24.3 Å². The summed E-state index contributed by atoms with van der Waals surface area (Å²) in [5.41, 5.74) is -2.06. The van der Waals surface area contributed by atoms with Crippen molar-refractivity contribution in [2.24, 2.45) is 17.3 Å². The summed E-state index contributed by atoms with van der Waals surface area (Å²) in [4.78, 5) is 37.7. The molecule has 9 heteroatoms. The van der Waals surface area contributed by atoms with Crippen molar-refractivity contribution in [1.29, 1.82) is 0 Å². The van der Waals surface area contributed by atoms with Gasteiger partial charge in [-0.1, -0.05) is 32.9 Å². The Balaban J connectivity index is 1.30. The molecule has 0 amide bonds. The number of fused-ring (bicyclic) bond motifs is 4. The number of carbonyl (C=O) groups excluding carboxylic acids is 3. The number of para-hydroxylation sites is 1. The van der Waals surface area contributed by atoms with Crippen molar-refractivity contribution in [3.8, 4) is 5.75 Å². The molecule has 0 aromatic heterocycles. The first-order valence-electron chi connectivity index (χ1n) is 13.4. The first-order valence-corrected chi connectivity index (χ1v) is 13.4. The molecule has 8 atom stereocenters. The first kappa shape index (κ1) is 24.3.